The molecule has 0 saturated heterocycles. The molecular weight excluding hydrogens is 288 g/mol. The van der Waals surface area contributed by atoms with Crippen LogP contribution in [0.2, 0.25) is 5.02 Å². The normalized spacial score (nSPS) is 17.6. The van der Waals surface area contributed by atoms with E-state index < -0.39 is 0 Å². The highest BCUT2D eigenvalue weighted by Gasteiger charge is 2.36. The second-order valence-corrected chi connectivity index (χ2v) is 6.35. The zero-order chi connectivity index (χ0) is 15.0. The predicted molar refractivity (Wildman–Crippen MR) is 84.9 cm³/mol. The third-order valence-electron chi connectivity index (χ3n) is 4.01. The van der Waals surface area contributed by atoms with Gasteiger partial charge in [-0.15, -0.1) is 0 Å². The zero-order valence-electron chi connectivity index (χ0n) is 12.3. The smallest absolute Gasteiger partial charge is 0.340 e. The zero-order valence-corrected chi connectivity index (χ0v) is 13.0. The van der Waals surface area contributed by atoms with Crippen molar-refractivity contribution in [2.24, 2.45) is 5.92 Å². The summed E-state index contributed by atoms with van der Waals surface area (Å²) in [5.41, 5.74) is 7.65. The van der Waals surface area contributed by atoms with Crippen molar-refractivity contribution < 1.29 is 9.53 Å². The highest BCUT2D eigenvalue weighted by molar-refractivity contribution is 6.34. The second kappa shape index (κ2) is 5.76. The summed E-state index contributed by atoms with van der Waals surface area (Å²) in [6, 6.07) is 3.91. The minimum absolute atomic E-state index is 0.344. The first-order chi connectivity index (χ1) is 10.1. The number of benzene rings is 1. The lowest BCUT2D eigenvalue weighted by molar-refractivity contribution is 0.0527. The number of nitrogens with zero attached hydrogens (tertiary/aromatic N) is 1. The number of esters is 1. The molecule has 2 saturated carbocycles. The fourth-order valence-corrected chi connectivity index (χ4v) is 3.00. The van der Waals surface area contributed by atoms with E-state index in [-0.39, 0.29) is 5.97 Å². The molecule has 0 bridgehead atoms. The number of rotatable bonds is 6. The van der Waals surface area contributed by atoms with E-state index in [1.54, 1.807) is 19.1 Å². The first-order valence-electron chi connectivity index (χ1n) is 7.63. The van der Waals surface area contributed by atoms with Gasteiger partial charge in [0.15, 0.2) is 0 Å². The maximum atomic E-state index is 12.3. The molecule has 0 aromatic heterocycles. The molecule has 0 amide bonds. The standard InChI is InChI=1S/C16H21ClN2O2/c1-2-21-16(20)13-7-11(18)8-14(17)15(13)19(12-5-6-12)9-10-3-4-10/h7-8,10,12H,2-6,9,18H2,1H3. The van der Waals surface area contributed by atoms with Crippen molar-refractivity contribution in [3.8, 4) is 0 Å². The molecule has 0 heterocycles. The fraction of sp³-hybridized carbons (Fsp3) is 0.562. The molecule has 5 heteroatoms. The molecule has 2 N–H and O–H groups in total. The molecule has 0 spiro atoms. The number of anilines is 2. The number of carbonyl (C=O) groups is 1. The second-order valence-electron chi connectivity index (χ2n) is 5.95. The topological polar surface area (TPSA) is 55.6 Å². The maximum absolute atomic E-state index is 12.3. The van der Waals surface area contributed by atoms with Crippen LogP contribution in [-0.2, 0) is 4.74 Å². The number of carbonyl (C=O) groups excluding carboxylic acids is 1. The van der Waals surface area contributed by atoms with E-state index in [2.05, 4.69) is 4.90 Å². The molecule has 1 aromatic rings. The van der Waals surface area contributed by atoms with Crippen LogP contribution in [0, 0.1) is 5.92 Å². The Morgan fingerprint density at radius 2 is 2.10 bits per heavy atom. The number of nitrogen functional groups attached to an aromatic ring is 1. The van der Waals surface area contributed by atoms with Gasteiger partial charge in [0.05, 0.1) is 22.9 Å². The van der Waals surface area contributed by atoms with Gasteiger partial charge in [0.2, 0.25) is 0 Å². The van der Waals surface area contributed by atoms with Gasteiger partial charge in [-0.25, -0.2) is 4.79 Å². The Kier molecular flexibility index (Phi) is 3.98. The van der Waals surface area contributed by atoms with E-state index >= 15 is 0 Å². The summed E-state index contributed by atoms with van der Waals surface area (Å²) in [4.78, 5) is 14.6. The Hall–Kier alpha value is -1.42. The molecule has 1 aromatic carbocycles. The summed E-state index contributed by atoms with van der Waals surface area (Å²) < 4.78 is 5.17. The van der Waals surface area contributed by atoms with E-state index in [0.717, 1.165) is 31.0 Å². The van der Waals surface area contributed by atoms with Crippen molar-refractivity contribution in [3.05, 3.63) is 22.7 Å². The average Bonchev–Trinajstić information content (AvgIpc) is 3.29. The van der Waals surface area contributed by atoms with E-state index in [1.807, 2.05) is 0 Å². The van der Waals surface area contributed by atoms with Gasteiger partial charge in [-0.05, 0) is 50.7 Å². The van der Waals surface area contributed by atoms with Crippen LogP contribution in [0.25, 0.3) is 0 Å². The predicted octanol–water partition coefficient (Wildman–Crippen LogP) is 3.48. The molecule has 21 heavy (non-hydrogen) atoms. The lowest BCUT2D eigenvalue weighted by atomic mass is 10.1. The highest BCUT2D eigenvalue weighted by Crippen LogP contribution is 2.42. The van der Waals surface area contributed by atoms with Gasteiger partial charge >= 0.3 is 5.97 Å². The number of nitrogens with two attached hydrogens (primary N) is 1. The van der Waals surface area contributed by atoms with Gasteiger partial charge < -0.3 is 15.4 Å². The Morgan fingerprint density at radius 1 is 1.38 bits per heavy atom. The quantitative estimate of drug-likeness (QED) is 0.646. The van der Waals surface area contributed by atoms with Gasteiger partial charge in [-0.2, -0.15) is 0 Å². The highest BCUT2D eigenvalue weighted by atomic mass is 35.5. The summed E-state index contributed by atoms with van der Waals surface area (Å²) in [5, 5.41) is 0.547. The molecule has 2 aliphatic rings. The van der Waals surface area contributed by atoms with Crippen molar-refractivity contribution in [3.63, 3.8) is 0 Å². The first kappa shape index (κ1) is 14.5. The van der Waals surface area contributed by atoms with Crippen LogP contribution in [0.1, 0.15) is 43.0 Å². The van der Waals surface area contributed by atoms with Gasteiger partial charge in [0.25, 0.3) is 0 Å². The van der Waals surface area contributed by atoms with Gasteiger partial charge in [0, 0.05) is 18.3 Å². The van der Waals surface area contributed by atoms with E-state index in [1.165, 1.54) is 12.8 Å². The fourth-order valence-electron chi connectivity index (χ4n) is 2.66. The lowest BCUT2D eigenvalue weighted by Crippen LogP contribution is -2.30. The van der Waals surface area contributed by atoms with Crippen LogP contribution in [0.15, 0.2) is 12.1 Å². The Labute approximate surface area is 130 Å². The van der Waals surface area contributed by atoms with Crippen LogP contribution in [0.3, 0.4) is 0 Å². The van der Waals surface area contributed by atoms with Crippen molar-refractivity contribution in [1.82, 2.24) is 0 Å². The van der Waals surface area contributed by atoms with Crippen molar-refractivity contribution in [1.29, 1.82) is 0 Å². The Bertz CT molecular complexity index is 553. The number of hydrogen-bond donors (Lipinski definition) is 1. The third-order valence-corrected chi connectivity index (χ3v) is 4.30. The van der Waals surface area contributed by atoms with Gasteiger partial charge in [-0.1, -0.05) is 11.6 Å². The largest absolute Gasteiger partial charge is 0.462 e. The molecule has 114 valence electrons. The van der Waals surface area contributed by atoms with Crippen LogP contribution in [0.4, 0.5) is 11.4 Å². The summed E-state index contributed by atoms with van der Waals surface area (Å²) in [6.07, 6.45) is 4.86. The molecule has 2 fully saturated rings. The average molecular weight is 309 g/mol. The summed E-state index contributed by atoms with van der Waals surface area (Å²) >= 11 is 6.42. The molecule has 0 unspecified atom stereocenters. The van der Waals surface area contributed by atoms with Gasteiger partial charge in [-0.3, -0.25) is 0 Å². The number of hydrogen-bond acceptors (Lipinski definition) is 4. The van der Waals surface area contributed by atoms with Gasteiger partial charge in [0.1, 0.15) is 0 Å². The monoisotopic (exact) mass is 308 g/mol. The first-order valence-corrected chi connectivity index (χ1v) is 8.00. The summed E-state index contributed by atoms with van der Waals surface area (Å²) in [6.45, 7) is 3.12. The van der Waals surface area contributed by atoms with E-state index in [4.69, 9.17) is 22.1 Å². The number of halogens is 1. The van der Waals surface area contributed by atoms with Crippen LogP contribution < -0.4 is 10.6 Å². The Balaban J connectivity index is 1.98. The SMILES string of the molecule is CCOC(=O)c1cc(N)cc(Cl)c1N(CC1CC1)C1CC1. The van der Waals surface area contributed by atoms with Crippen LogP contribution in [0.5, 0.6) is 0 Å². The lowest BCUT2D eigenvalue weighted by Gasteiger charge is -2.28. The third kappa shape index (κ3) is 3.26. The van der Waals surface area contributed by atoms with Crippen molar-refractivity contribution in [2.45, 2.75) is 38.6 Å². The Morgan fingerprint density at radius 3 is 2.67 bits per heavy atom. The molecule has 0 atom stereocenters. The van der Waals surface area contributed by atoms with Crippen LogP contribution >= 0.6 is 11.6 Å². The molecule has 2 aliphatic carbocycles. The molecular formula is C16H21ClN2O2. The molecule has 0 aliphatic heterocycles. The maximum Gasteiger partial charge on any atom is 0.340 e. The number of ether oxygens (including phenoxy) is 1. The minimum Gasteiger partial charge on any atom is -0.462 e. The van der Waals surface area contributed by atoms with E-state index in [0.29, 0.717) is 28.9 Å². The van der Waals surface area contributed by atoms with Crippen LogP contribution in [-0.4, -0.2) is 25.2 Å². The molecule has 3 rings (SSSR count). The minimum atomic E-state index is -0.344. The van der Waals surface area contributed by atoms with Crippen molar-refractivity contribution >= 4 is 28.9 Å². The van der Waals surface area contributed by atoms with E-state index in [9.17, 15) is 4.79 Å². The molecule has 0 radical (unpaired) electrons. The van der Waals surface area contributed by atoms with Crippen molar-refractivity contribution in [2.75, 3.05) is 23.8 Å². The summed E-state index contributed by atoms with van der Waals surface area (Å²) in [5.74, 6) is 0.386. The summed E-state index contributed by atoms with van der Waals surface area (Å²) in [7, 11) is 0. The molecule has 4 nitrogen and oxygen atoms in total.